The summed E-state index contributed by atoms with van der Waals surface area (Å²) in [5.41, 5.74) is -1.56. The van der Waals surface area contributed by atoms with Gasteiger partial charge in [-0.2, -0.15) is 5.26 Å². The van der Waals surface area contributed by atoms with Gasteiger partial charge in [-0.15, -0.1) is 0 Å². The lowest BCUT2D eigenvalue weighted by atomic mass is 9.85. The second kappa shape index (κ2) is 5.36. The summed E-state index contributed by atoms with van der Waals surface area (Å²) in [4.78, 5) is 25.4. The van der Waals surface area contributed by atoms with Crippen LogP contribution in [-0.4, -0.2) is 27.0 Å². The number of anilines is 1. The van der Waals surface area contributed by atoms with Crippen LogP contribution in [0.1, 0.15) is 31.9 Å². The van der Waals surface area contributed by atoms with Crippen molar-refractivity contribution in [3.8, 4) is 6.07 Å². The van der Waals surface area contributed by atoms with E-state index in [1.54, 1.807) is 13.0 Å². The van der Waals surface area contributed by atoms with Gasteiger partial charge < -0.3 is 10.4 Å². The van der Waals surface area contributed by atoms with Gasteiger partial charge in [0.25, 0.3) is 0 Å². The molecule has 1 heterocycles. The fourth-order valence-electron chi connectivity index (χ4n) is 2.59. The smallest absolute Gasteiger partial charge is 0.311 e. The molecule has 1 saturated carbocycles. The van der Waals surface area contributed by atoms with Gasteiger partial charge in [0.05, 0.1) is 10.3 Å². The second-order valence-electron chi connectivity index (χ2n) is 5.24. The molecule has 1 aromatic rings. The summed E-state index contributed by atoms with van der Waals surface area (Å²) < 4.78 is 0. The lowest BCUT2D eigenvalue weighted by molar-refractivity contribution is -0.385. The first-order valence-electron chi connectivity index (χ1n) is 6.44. The molecule has 8 nitrogen and oxygen atoms in total. The van der Waals surface area contributed by atoms with E-state index < -0.39 is 16.3 Å². The third kappa shape index (κ3) is 2.63. The zero-order valence-corrected chi connectivity index (χ0v) is 11.4. The van der Waals surface area contributed by atoms with Crippen LogP contribution >= 0.6 is 0 Å². The standard InChI is InChI=1S/C13H14N4O4/c1-13(12(18)19)6-2-3-10(13)16-11-5-4-9(17(20)21)8(7-14)15-11/h4-5,10H,2-3,6H2,1H3,(H,15,16)(H,18,19). The normalized spacial score (nSPS) is 24.3. The van der Waals surface area contributed by atoms with Gasteiger partial charge in [-0.05, 0) is 25.8 Å². The molecule has 2 rings (SSSR count). The molecule has 1 fully saturated rings. The number of nitrogens with zero attached hydrogens (tertiary/aromatic N) is 3. The summed E-state index contributed by atoms with van der Waals surface area (Å²) in [5.74, 6) is -0.614. The van der Waals surface area contributed by atoms with Crippen molar-refractivity contribution < 1.29 is 14.8 Å². The van der Waals surface area contributed by atoms with Crippen LogP contribution in [-0.2, 0) is 4.79 Å². The van der Waals surface area contributed by atoms with Crippen LogP contribution < -0.4 is 5.32 Å². The average molecular weight is 290 g/mol. The van der Waals surface area contributed by atoms with Gasteiger partial charge in [0.2, 0.25) is 5.69 Å². The maximum Gasteiger partial charge on any atom is 0.311 e. The fraction of sp³-hybridized carbons (Fsp3) is 0.462. The number of carboxylic acids is 1. The topological polar surface area (TPSA) is 129 Å². The maximum absolute atomic E-state index is 11.4. The molecule has 2 N–H and O–H groups in total. The van der Waals surface area contributed by atoms with Crippen LogP contribution in [0.15, 0.2) is 12.1 Å². The summed E-state index contributed by atoms with van der Waals surface area (Å²) in [7, 11) is 0. The Labute approximate surface area is 120 Å². The van der Waals surface area contributed by atoms with Gasteiger partial charge in [-0.3, -0.25) is 14.9 Å². The number of nitriles is 1. The number of hydrogen-bond acceptors (Lipinski definition) is 6. The van der Waals surface area contributed by atoms with E-state index in [0.29, 0.717) is 12.8 Å². The van der Waals surface area contributed by atoms with E-state index in [1.807, 2.05) is 0 Å². The molecule has 8 heteroatoms. The maximum atomic E-state index is 11.4. The molecule has 0 aliphatic heterocycles. The van der Waals surface area contributed by atoms with Crippen molar-refractivity contribution in [2.45, 2.75) is 32.2 Å². The van der Waals surface area contributed by atoms with E-state index in [0.717, 1.165) is 6.42 Å². The number of aromatic nitrogens is 1. The number of aliphatic carboxylic acids is 1. The first kappa shape index (κ1) is 14.7. The molecule has 1 aromatic heterocycles. The summed E-state index contributed by atoms with van der Waals surface area (Å²) in [6.07, 6.45) is 2.00. The zero-order valence-electron chi connectivity index (χ0n) is 11.4. The Hall–Kier alpha value is -2.69. The Bertz CT molecular complexity index is 640. The Morgan fingerprint density at radius 3 is 2.95 bits per heavy atom. The van der Waals surface area contributed by atoms with Gasteiger partial charge in [0.15, 0.2) is 0 Å². The molecular weight excluding hydrogens is 276 g/mol. The average Bonchev–Trinajstić information content (AvgIpc) is 2.81. The molecule has 1 aliphatic rings. The second-order valence-corrected chi connectivity index (χ2v) is 5.24. The highest BCUT2D eigenvalue weighted by atomic mass is 16.6. The summed E-state index contributed by atoms with van der Waals surface area (Å²) in [5, 5.41) is 32.0. The number of hydrogen-bond donors (Lipinski definition) is 2. The van der Waals surface area contributed by atoms with Crippen molar-refractivity contribution in [3.05, 3.63) is 27.9 Å². The molecule has 1 aliphatic carbocycles. The van der Waals surface area contributed by atoms with Crippen molar-refractivity contribution in [3.63, 3.8) is 0 Å². The van der Waals surface area contributed by atoms with Crippen molar-refractivity contribution in [2.24, 2.45) is 5.41 Å². The minimum Gasteiger partial charge on any atom is -0.481 e. The van der Waals surface area contributed by atoms with E-state index >= 15 is 0 Å². The van der Waals surface area contributed by atoms with Crippen molar-refractivity contribution in [1.29, 1.82) is 5.26 Å². The molecular formula is C13H14N4O4. The van der Waals surface area contributed by atoms with Crippen LogP contribution in [0.2, 0.25) is 0 Å². The molecule has 21 heavy (non-hydrogen) atoms. The lowest BCUT2D eigenvalue weighted by Gasteiger charge is -2.28. The molecule has 0 amide bonds. The summed E-state index contributed by atoms with van der Waals surface area (Å²) in [6, 6.07) is 3.94. The van der Waals surface area contributed by atoms with Crippen LogP contribution in [0.3, 0.4) is 0 Å². The number of carboxylic acid groups (broad SMARTS) is 1. The minimum absolute atomic E-state index is 0.275. The van der Waals surface area contributed by atoms with E-state index in [1.165, 1.54) is 12.1 Å². The van der Waals surface area contributed by atoms with Gasteiger partial charge >= 0.3 is 11.7 Å². The number of rotatable bonds is 4. The van der Waals surface area contributed by atoms with E-state index in [-0.39, 0.29) is 23.2 Å². The van der Waals surface area contributed by atoms with Crippen molar-refractivity contribution in [1.82, 2.24) is 4.98 Å². The molecule has 0 saturated heterocycles. The van der Waals surface area contributed by atoms with E-state index in [2.05, 4.69) is 10.3 Å². The molecule has 0 radical (unpaired) electrons. The molecule has 0 bridgehead atoms. The minimum atomic E-state index is -0.906. The SMILES string of the molecule is CC1(C(=O)O)CCCC1Nc1ccc([N+](=O)[O-])c(C#N)n1. The van der Waals surface area contributed by atoms with Crippen molar-refractivity contribution in [2.75, 3.05) is 5.32 Å². The van der Waals surface area contributed by atoms with E-state index in [9.17, 15) is 20.0 Å². The van der Waals surface area contributed by atoms with Crippen molar-refractivity contribution >= 4 is 17.5 Å². The lowest BCUT2D eigenvalue weighted by Crippen LogP contribution is -2.40. The predicted molar refractivity (Wildman–Crippen MR) is 72.6 cm³/mol. The number of nitrogens with one attached hydrogen (secondary N) is 1. The number of carbonyl (C=O) groups is 1. The fourth-order valence-corrected chi connectivity index (χ4v) is 2.59. The van der Waals surface area contributed by atoms with Crippen LogP contribution in [0.4, 0.5) is 11.5 Å². The van der Waals surface area contributed by atoms with Gasteiger partial charge in [0.1, 0.15) is 11.9 Å². The molecule has 0 aromatic carbocycles. The largest absolute Gasteiger partial charge is 0.481 e. The molecule has 2 atom stereocenters. The Morgan fingerprint density at radius 2 is 2.38 bits per heavy atom. The molecule has 0 spiro atoms. The van der Waals surface area contributed by atoms with Gasteiger partial charge in [-0.1, -0.05) is 6.42 Å². The monoisotopic (exact) mass is 290 g/mol. The number of nitro groups is 1. The first-order chi connectivity index (χ1) is 9.88. The van der Waals surface area contributed by atoms with Gasteiger partial charge in [0, 0.05) is 12.1 Å². The Kier molecular flexibility index (Phi) is 3.76. The van der Waals surface area contributed by atoms with Crippen LogP contribution in [0.25, 0.3) is 0 Å². The molecule has 110 valence electrons. The third-order valence-corrected chi connectivity index (χ3v) is 3.95. The predicted octanol–water partition coefficient (Wildman–Crippen LogP) is 1.92. The molecule has 2 unspecified atom stereocenters. The third-order valence-electron chi connectivity index (χ3n) is 3.95. The van der Waals surface area contributed by atoms with Crippen LogP contribution in [0.5, 0.6) is 0 Å². The summed E-state index contributed by atoms with van der Waals surface area (Å²) >= 11 is 0. The van der Waals surface area contributed by atoms with Gasteiger partial charge in [-0.25, -0.2) is 4.98 Å². The van der Waals surface area contributed by atoms with Crippen LogP contribution in [0, 0.1) is 26.9 Å². The highest BCUT2D eigenvalue weighted by Gasteiger charge is 2.45. The first-order valence-corrected chi connectivity index (χ1v) is 6.44. The summed E-state index contributed by atoms with van der Waals surface area (Å²) in [6.45, 7) is 1.66. The Morgan fingerprint density at radius 1 is 1.67 bits per heavy atom. The van der Waals surface area contributed by atoms with E-state index in [4.69, 9.17) is 5.26 Å². The number of pyridine rings is 1. The quantitative estimate of drug-likeness (QED) is 0.640. The zero-order chi connectivity index (χ0) is 15.6. The Balaban J connectivity index is 2.27. The highest BCUT2D eigenvalue weighted by molar-refractivity contribution is 5.76. The highest BCUT2D eigenvalue weighted by Crippen LogP contribution is 2.39.